The number of hydrogen-bond acceptors (Lipinski definition) is 8. The average molecular weight is 1140 g/mol. The maximum Gasteiger partial charge on any atom is 0.306 e. The van der Waals surface area contributed by atoms with Gasteiger partial charge in [0.05, 0.1) is 27.7 Å². The molecular formula is C71H114NO8P. The van der Waals surface area contributed by atoms with Gasteiger partial charge in [-0.25, -0.2) is 0 Å². The Bertz CT molecular complexity index is 1970. The van der Waals surface area contributed by atoms with Gasteiger partial charge in [-0.1, -0.05) is 235 Å². The van der Waals surface area contributed by atoms with Gasteiger partial charge in [0.25, 0.3) is 7.82 Å². The summed E-state index contributed by atoms with van der Waals surface area (Å²) in [6, 6.07) is 0. The van der Waals surface area contributed by atoms with Gasteiger partial charge >= 0.3 is 11.9 Å². The summed E-state index contributed by atoms with van der Waals surface area (Å²) in [5.41, 5.74) is 0. The molecule has 0 fully saturated rings. The van der Waals surface area contributed by atoms with Crippen LogP contribution < -0.4 is 4.89 Å². The lowest BCUT2D eigenvalue weighted by molar-refractivity contribution is -0.870. The summed E-state index contributed by atoms with van der Waals surface area (Å²) >= 11 is 0. The number of hydrogen-bond donors (Lipinski definition) is 0. The molecule has 10 heteroatoms. The van der Waals surface area contributed by atoms with Gasteiger partial charge in [0, 0.05) is 12.8 Å². The van der Waals surface area contributed by atoms with Gasteiger partial charge in [-0.05, 0) is 135 Å². The monoisotopic (exact) mass is 1140 g/mol. The highest BCUT2D eigenvalue weighted by Gasteiger charge is 2.21. The van der Waals surface area contributed by atoms with Crippen molar-refractivity contribution >= 4 is 19.8 Å². The predicted octanol–water partition coefficient (Wildman–Crippen LogP) is 19.6. The Kier molecular flexibility index (Phi) is 56.5. The summed E-state index contributed by atoms with van der Waals surface area (Å²) in [6.45, 7) is 4.03. The average Bonchev–Trinajstić information content (AvgIpc) is 3.43. The van der Waals surface area contributed by atoms with Crippen molar-refractivity contribution in [3.63, 3.8) is 0 Å². The minimum atomic E-state index is -4.66. The molecule has 0 N–H and O–H groups in total. The Labute approximate surface area is 496 Å². The Morgan fingerprint density at radius 3 is 1.05 bits per heavy atom. The predicted molar refractivity (Wildman–Crippen MR) is 346 cm³/mol. The zero-order valence-electron chi connectivity index (χ0n) is 51.7. The Morgan fingerprint density at radius 1 is 0.395 bits per heavy atom. The Balaban J connectivity index is 4.21. The van der Waals surface area contributed by atoms with E-state index in [0.29, 0.717) is 23.9 Å². The second-order valence-corrected chi connectivity index (χ2v) is 22.7. The van der Waals surface area contributed by atoms with E-state index in [2.05, 4.69) is 184 Å². The van der Waals surface area contributed by atoms with E-state index in [0.717, 1.165) is 141 Å². The van der Waals surface area contributed by atoms with E-state index in [1.165, 1.54) is 32.1 Å². The van der Waals surface area contributed by atoms with Gasteiger partial charge in [0.15, 0.2) is 6.10 Å². The molecule has 0 aromatic rings. The van der Waals surface area contributed by atoms with E-state index >= 15 is 0 Å². The number of phosphoric acid groups is 1. The number of unbranched alkanes of at least 4 members (excludes halogenated alkanes) is 13. The van der Waals surface area contributed by atoms with E-state index in [9.17, 15) is 19.0 Å². The van der Waals surface area contributed by atoms with E-state index in [4.69, 9.17) is 18.5 Å². The zero-order valence-corrected chi connectivity index (χ0v) is 52.5. The number of likely N-dealkylation sites (N-methyl/N-ethyl adjacent to an activating group) is 1. The van der Waals surface area contributed by atoms with Gasteiger partial charge in [0.2, 0.25) is 0 Å². The van der Waals surface area contributed by atoms with Crippen LogP contribution in [0.5, 0.6) is 0 Å². The SMILES string of the molecule is CC/C=C\C/C=C\C/C=C\C/C=C\C/C=C\C/C=C\C/C=C\C/C=C\C/C=C\C/C=C\C/C=C\C/C=C\CCCCCCC(=O)OC(COC(=O)CCCCCCC/C=C\C/C=C\CCCCCC)COP(=O)([O-])OCC[N+](C)(C)C. The number of esters is 2. The molecule has 9 nitrogen and oxygen atoms in total. The molecule has 0 aromatic carbocycles. The third kappa shape index (κ3) is 64.4. The normalized spacial score (nSPS) is 14.4. The maximum absolute atomic E-state index is 12.8. The molecule has 0 aromatic heterocycles. The molecule has 0 bridgehead atoms. The first-order valence-corrected chi connectivity index (χ1v) is 32.8. The highest BCUT2D eigenvalue weighted by molar-refractivity contribution is 7.45. The third-order valence-corrected chi connectivity index (χ3v) is 13.4. The number of carbonyl (C=O) groups excluding carboxylic acids is 2. The molecular weight excluding hydrogens is 1030 g/mol. The number of carbonyl (C=O) groups is 2. The van der Waals surface area contributed by atoms with Crippen LogP contribution in [0.2, 0.25) is 0 Å². The van der Waals surface area contributed by atoms with Crippen molar-refractivity contribution in [1.82, 2.24) is 0 Å². The maximum atomic E-state index is 12.8. The first kappa shape index (κ1) is 76.4. The minimum Gasteiger partial charge on any atom is -0.756 e. The summed E-state index contributed by atoms with van der Waals surface area (Å²) in [7, 11) is 1.11. The molecule has 2 unspecified atom stereocenters. The largest absolute Gasteiger partial charge is 0.756 e. The molecule has 0 radical (unpaired) electrons. The molecule has 0 spiro atoms. The van der Waals surface area contributed by atoms with Gasteiger partial charge < -0.3 is 27.9 Å². The summed E-state index contributed by atoms with van der Waals surface area (Å²) in [4.78, 5) is 37.9. The van der Waals surface area contributed by atoms with Crippen LogP contribution in [0.4, 0.5) is 0 Å². The van der Waals surface area contributed by atoms with Crippen molar-refractivity contribution < 1.29 is 42.1 Å². The first-order valence-electron chi connectivity index (χ1n) is 31.3. The minimum absolute atomic E-state index is 0.0477. The molecule has 81 heavy (non-hydrogen) atoms. The number of nitrogens with zero attached hydrogens (tertiary/aromatic N) is 1. The molecule has 0 saturated carbocycles. The fourth-order valence-corrected chi connectivity index (χ4v) is 8.39. The Morgan fingerprint density at radius 2 is 0.704 bits per heavy atom. The summed E-state index contributed by atoms with van der Waals surface area (Å²) in [5.74, 6) is -0.892. The van der Waals surface area contributed by atoms with E-state index < -0.39 is 32.5 Å². The van der Waals surface area contributed by atoms with Crippen molar-refractivity contribution in [2.24, 2.45) is 0 Å². The molecule has 0 aliphatic heterocycles. The smallest absolute Gasteiger partial charge is 0.306 e. The molecule has 0 saturated heterocycles. The van der Waals surface area contributed by atoms with Crippen LogP contribution in [0.1, 0.15) is 213 Å². The van der Waals surface area contributed by atoms with Gasteiger partial charge in [-0.2, -0.15) is 0 Å². The zero-order chi connectivity index (χ0) is 59.1. The highest BCUT2D eigenvalue weighted by Crippen LogP contribution is 2.38. The van der Waals surface area contributed by atoms with Crippen LogP contribution in [0.15, 0.2) is 170 Å². The molecule has 0 amide bonds. The van der Waals surface area contributed by atoms with E-state index in [1.807, 2.05) is 21.1 Å². The molecule has 0 rings (SSSR count). The summed E-state index contributed by atoms with van der Waals surface area (Å²) < 4.78 is 34.1. The Hall–Kier alpha value is -4.63. The standard InChI is InChI=1S/C71H114NO8P/c1-6-8-10-12-14-16-18-20-22-24-25-26-27-28-29-30-31-32-33-34-35-36-37-38-39-40-41-42-43-44-45-46-47-48-50-52-54-56-58-60-62-64-71(74)80-69(68-79-81(75,76)78-66-65-72(3,4)5)67-77-70(73)63-61-59-57-55-53-51-49-23-21-19-17-15-13-11-9-7-2/h8,10,14,16-17,19-20,22-23,25-26,28-29,31-32,34-35,37-38,40-41,43-44,46-47,49-50,52,69H,6-7,9,11-13,15,18,21,24,27,30,33,36,39,42,45,48,51,53-68H2,1-5H3/b10-8-,16-14-,19-17-,22-20-,26-25-,29-28-,32-31-,35-34-,38-37-,41-40-,44-43-,47-46-,49-23-,52-50-. The lowest BCUT2D eigenvalue weighted by Crippen LogP contribution is -2.37. The number of rotatable bonds is 55. The quantitative estimate of drug-likeness (QED) is 0.0195. The van der Waals surface area contributed by atoms with Crippen LogP contribution in [-0.2, 0) is 32.7 Å². The third-order valence-electron chi connectivity index (χ3n) is 12.5. The van der Waals surface area contributed by atoms with Gasteiger partial charge in [-0.3, -0.25) is 14.2 Å². The van der Waals surface area contributed by atoms with Crippen molar-refractivity contribution in [3.8, 4) is 0 Å². The lowest BCUT2D eigenvalue weighted by Gasteiger charge is -2.28. The van der Waals surface area contributed by atoms with Crippen LogP contribution in [0, 0.1) is 0 Å². The second kappa shape index (κ2) is 60.0. The molecule has 2 atom stereocenters. The number of allylic oxidation sites excluding steroid dienone is 28. The van der Waals surface area contributed by atoms with Crippen molar-refractivity contribution in [3.05, 3.63) is 170 Å². The van der Waals surface area contributed by atoms with Crippen molar-refractivity contribution in [2.75, 3.05) is 47.5 Å². The van der Waals surface area contributed by atoms with Crippen molar-refractivity contribution in [2.45, 2.75) is 219 Å². The van der Waals surface area contributed by atoms with Crippen molar-refractivity contribution in [1.29, 1.82) is 0 Å². The highest BCUT2D eigenvalue weighted by atomic mass is 31.2. The van der Waals surface area contributed by atoms with Crippen LogP contribution in [-0.4, -0.2) is 70.0 Å². The summed E-state index contributed by atoms with van der Waals surface area (Å²) in [5, 5.41) is 0. The molecule has 0 heterocycles. The molecule has 0 aliphatic carbocycles. The molecule has 0 aliphatic rings. The van der Waals surface area contributed by atoms with Crippen LogP contribution in [0.25, 0.3) is 0 Å². The topological polar surface area (TPSA) is 111 Å². The fourth-order valence-electron chi connectivity index (χ4n) is 7.67. The number of quaternary nitrogens is 1. The fraction of sp³-hybridized carbons (Fsp3) is 0.577. The van der Waals surface area contributed by atoms with E-state index in [1.54, 1.807) is 0 Å². The lowest BCUT2D eigenvalue weighted by atomic mass is 10.1. The second-order valence-electron chi connectivity index (χ2n) is 21.3. The van der Waals surface area contributed by atoms with E-state index in [-0.39, 0.29) is 26.1 Å². The van der Waals surface area contributed by atoms with Gasteiger partial charge in [-0.15, -0.1) is 0 Å². The first-order chi connectivity index (χ1) is 39.5. The van der Waals surface area contributed by atoms with Crippen LogP contribution >= 0.6 is 7.82 Å². The van der Waals surface area contributed by atoms with Gasteiger partial charge in [0.1, 0.15) is 19.8 Å². The molecule has 456 valence electrons. The summed E-state index contributed by atoms with van der Waals surface area (Å²) in [6.07, 6.45) is 91.3. The number of phosphoric ester groups is 1. The van der Waals surface area contributed by atoms with Crippen LogP contribution in [0.3, 0.4) is 0 Å². The number of ether oxygens (including phenoxy) is 2.